The van der Waals surface area contributed by atoms with E-state index in [0.717, 1.165) is 6.42 Å². The molecule has 0 N–H and O–H groups in total. The van der Waals surface area contributed by atoms with Gasteiger partial charge in [-0.05, 0) is 6.92 Å². The lowest BCUT2D eigenvalue weighted by Gasteiger charge is -2.36. The van der Waals surface area contributed by atoms with Gasteiger partial charge in [-0.25, -0.2) is 4.79 Å². The minimum Gasteiger partial charge on any atom is -0.430 e. The number of rotatable bonds is 2. The molecule has 1 atom stereocenters. The Kier molecular flexibility index (Phi) is 2.29. The highest BCUT2D eigenvalue weighted by atomic mass is 16.7. The maximum atomic E-state index is 10.9. The molecular formula is C8H12O3. The average Bonchev–Trinajstić information content (AvgIpc) is 1.85. The molecule has 0 saturated carbocycles. The van der Waals surface area contributed by atoms with Crippen LogP contribution in [0.15, 0.2) is 12.2 Å². The summed E-state index contributed by atoms with van der Waals surface area (Å²) in [5.74, 6) is -0.994. The zero-order valence-electron chi connectivity index (χ0n) is 6.79. The van der Waals surface area contributed by atoms with E-state index in [-0.39, 0.29) is 5.97 Å². The lowest BCUT2D eigenvalue weighted by Crippen LogP contribution is -2.44. The summed E-state index contributed by atoms with van der Waals surface area (Å²) < 4.78 is 10.0. The van der Waals surface area contributed by atoms with Crippen molar-refractivity contribution in [3.05, 3.63) is 12.2 Å². The second-order valence-electron chi connectivity index (χ2n) is 2.65. The number of hydrogen-bond acceptors (Lipinski definition) is 3. The summed E-state index contributed by atoms with van der Waals surface area (Å²) >= 11 is 0. The van der Waals surface area contributed by atoms with Crippen LogP contribution in [0.1, 0.15) is 20.3 Å². The van der Waals surface area contributed by atoms with Gasteiger partial charge in [-0.2, -0.15) is 0 Å². The van der Waals surface area contributed by atoms with Crippen LogP contribution < -0.4 is 0 Å². The molecule has 1 rings (SSSR count). The van der Waals surface area contributed by atoms with Crippen LogP contribution in [-0.2, 0) is 14.3 Å². The first-order valence-electron chi connectivity index (χ1n) is 3.66. The van der Waals surface area contributed by atoms with Crippen LogP contribution in [0.3, 0.4) is 0 Å². The van der Waals surface area contributed by atoms with Crippen molar-refractivity contribution in [3.8, 4) is 0 Å². The van der Waals surface area contributed by atoms with Crippen LogP contribution in [0.4, 0.5) is 0 Å². The van der Waals surface area contributed by atoms with Gasteiger partial charge in [0, 0.05) is 19.4 Å². The molecule has 0 amide bonds. The van der Waals surface area contributed by atoms with Gasteiger partial charge in [-0.15, -0.1) is 0 Å². The summed E-state index contributed by atoms with van der Waals surface area (Å²) in [6.45, 7) is 4.21. The topological polar surface area (TPSA) is 35.5 Å². The number of ether oxygens (including phenoxy) is 2. The van der Waals surface area contributed by atoms with Gasteiger partial charge in [0.1, 0.15) is 0 Å². The number of hydrogen-bond donors (Lipinski definition) is 0. The summed E-state index contributed by atoms with van der Waals surface area (Å²) in [4.78, 5) is 10.9. The highest BCUT2D eigenvalue weighted by Crippen LogP contribution is 2.26. The molecule has 0 aromatic carbocycles. The standard InChI is InChI=1S/C8H12O3/c1-3-4-7(9)11-8(2)5-6-10-8/h3-4H,5-6H2,1-2H3. The zero-order valence-corrected chi connectivity index (χ0v) is 6.79. The Morgan fingerprint density at radius 1 is 1.73 bits per heavy atom. The largest absolute Gasteiger partial charge is 0.430 e. The second-order valence-corrected chi connectivity index (χ2v) is 2.65. The Morgan fingerprint density at radius 3 is 2.73 bits per heavy atom. The third kappa shape index (κ3) is 2.05. The molecule has 1 unspecified atom stereocenters. The van der Waals surface area contributed by atoms with Crippen LogP contribution in [0.5, 0.6) is 0 Å². The van der Waals surface area contributed by atoms with Gasteiger partial charge in [0.15, 0.2) is 0 Å². The molecule has 62 valence electrons. The Labute approximate surface area is 66.0 Å². The van der Waals surface area contributed by atoms with Crippen LogP contribution in [-0.4, -0.2) is 18.4 Å². The van der Waals surface area contributed by atoms with E-state index in [2.05, 4.69) is 0 Å². The van der Waals surface area contributed by atoms with E-state index >= 15 is 0 Å². The van der Waals surface area contributed by atoms with E-state index in [1.807, 2.05) is 0 Å². The number of esters is 1. The normalized spacial score (nSPS) is 30.0. The van der Waals surface area contributed by atoms with Crippen molar-refractivity contribution in [2.75, 3.05) is 6.61 Å². The minimum absolute atomic E-state index is 0.338. The predicted octanol–water partition coefficient (Wildman–Crippen LogP) is 1.24. The van der Waals surface area contributed by atoms with Gasteiger partial charge in [0.25, 0.3) is 0 Å². The van der Waals surface area contributed by atoms with Gasteiger partial charge in [-0.3, -0.25) is 0 Å². The fourth-order valence-corrected chi connectivity index (χ4v) is 0.853. The van der Waals surface area contributed by atoms with E-state index < -0.39 is 5.79 Å². The summed E-state index contributed by atoms with van der Waals surface area (Å²) in [5, 5.41) is 0. The third-order valence-electron chi connectivity index (χ3n) is 1.58. The zero-order chi connectivity index (χ0) is 8.32. The second kappa shape index (κ2) is 3.05. The molecule has 0 aliphatic carbocycles. The Balaban J connectivity index is 2.35. The molecule has 0 radical (unpaired) electrons. The fourth-order valence-electron chi connectivity index (χ4n) is 0.853. The quantitative estimate of drug-likeness (QED) is 0.445. The van der Waals surface area contributed by atoms with Crippen LogP contribution in [0.25, 0.3) is 0 Å². The van der Waals surface area contributed by atoms with Crippen molar-refractivity contribution in [3.63, 3.8) is 0 Å². The van der Waals surface area contributed by atoms with Crippen molar-refractivity contribution in [1.82, 2.24) is 0 Å². The molecule has 0 bridgehead atoms. The van der Waals surface area contributed by atoms with Gasteiger partial charge in [0.2, 0.25) is 5.79 Å². The van der Waals surface area contributed by atoms with Crippen LogP contribution in [0.2, 0.25) is 0 Å². The molecule has 1 heterocycles. The first kappa shape index (κ1) is 8.27. The van der Waals surface area contributed by atoms with Crippen LogP contribution >= 0.6 is 0 Å². The number of allylic oxidation sites excluding steroid dienone is 1. The van der Waals surface area contributed by atoms with Crippen molar-refractivity contribution in [2.45, 2.75) is 26.1 Å². The first-order chi connectivity index (χ1) is 5.16. The summed E-state index contributed by atoms with van der Waals surface area (Å²) in [6.07, 6.45) is 3.81. The minimum atomic E-state index is -0.656. The molecule has 0 aromatic heterocycles. The lowest BCUT2D eigenvalue weighted by molar-refractivity contribution is -0.279. The lowest BCUT2D eigenvalue weighted by atomic mass is 10.1. The Hall–Kier alpha value is -0.830. The monoisotopic (exact) mass is 156 g/mol. The maximum Gasteiger partial charge on any atom is 0.332 e. The van der Waals surface area contributed by atoms with Gasteiger partial charge in [0.05, 0.1) is 6.61 Å². The predicted molar refractivity (Wildman–Crippen MR) is 39.9 cm³/mol. The summed E-state index contributed by atoms with van der Waals surface area (Å²) in [5.41, 5.74) is 0. The van der Waals surface area contributed by atoms with E-state index in [4.69, 9.17) is 9.47 Å². The molecule has 1 aliphatic heterocycles. The molecule has 11 heavy (non-hydrogen) atoms. The SMILES string of the molecule is CC=CC(=O)OC1(C)CCO1. The highest BCUT2D eigenvalue weighted by Gasteiger charge is 2.36. The third-order valence-corrected chi connectivity index (χ3v) is 1.58. The first-order valence-corrected chi connectivity index (χ1v) is 3.66. The van der Waals surface area contributed by atoms with Crippen molar-refractivity contribution < 1.29 is 14.3 Å². The number of carbonyl (C=O) groups is 1. The molecule has 1 fully saturated rings. The van der Waals surface area contributed by atoms with E-state index in [1.165, 1.54) is 6.08 Å². The van der Waals surface area contributed by atoms with Gasteiger partial charge in [-0.1, -0.05) is 6.08 Å². The Morgan fingerprint density at radius 2 is 2.36 bits per heavy atom. The highest BCUT2D eigenvalue weighted by molar-refractivity contribution is 5.82. The molecule has 0 spiro atoms. The van der Waals surface area contributed by atoms with E-state index in [0.29, 0.717) is 6.61 Å². The van der Waals surface area contributed by atoms with E-state index in [9.17, 15) is 4.79 Å². The molecule has 1 saturated heterocycles. The van der Waals surface area contributed by atoms with Gasteiger partial charge < -0.3 is 9.47 Å². The smallest absolute Gasteiger partial charge is 0.332 e. The van der Waals surface area contributed by atoms with Crippen molar-refractivity contribution in [2.24, 2.45) is 0 Å². The van der Waals surface area contributed by atoms with Gasteiger partial charge >= 0.3 is 5.97 Å². The molecule has 0 aromatic rings. The van der Waals surface area contributed by atoms with E-state index in [1.54, 1.807) is 19.9 Å². The fraction of sp³-hybridized carbons (Fsp3) is 0.625. The number of carbonyl (C=O) groups excluding carboxylic acids is 1. The van der Waals surface area contributed by atoms with Crippen molar-refractivity contribution >= 4 is 5.97 Å². The molecule has 1 aliphatic rings. The average molecular weight is 156 g/mol. The molecule has 3 heteroatoms. The molecule has 3 nitrogen and oxygen atoms in total. The molecular weight excluding hydrogens is 144 g/mol. The summed E-state index contributed by atoms with van der Waals surface area (Å²) in [7, 11) is 0. The van der Waals surface area contributed by atoms with Crippen LogP contribution in [0, 0.1) is 0 Å². The maximum absolute atomic E-state index is 10.9. The van der Waals surface area contributed by atoms with Crippen molar-refractivity contribution in [1.29, 1.82) is 0 Å². The summed E-state index contributed by atoms with van der Waals surface area (Å²) in [6, 6.07) is 0. The Bertz CT molecular complexity index is 180.